The van der Waals surface area contributed by atoms with Crippen LogP contribution in [0, 0.1) is 0 Å². The predicted molar refractivity (Wildman–Crippen MR) is 116 cm³/mol. The number of piperidine rings is 1. The van der Waals surface area contributed by atoms with E-state index in [4.69, 9.17) is 0 Å². The van der Waals surface area contributed by atoms with Gasteiger partial charge in [-0.3, -0.25) is 0 Å². The number of hydrogen-bond donors (Lipinski definition) is 1. The smallest absolute Gasteiger partial charge is 0.317 e. The molecular formula is C23H35N3O. The van der Waals surface area contributed by atoms with Gasteiger partial charge in [0.25, 0.3) is 0 Å². The summed E-state index contributed by atoms with van der Waals surface area (Å²) in [5, 5.41) is 3.20. The molecule has 0 bridgehead atoms. The first-order chi connectivity index (χ1) is 12.9. The number of carbonyl (C=O) groups excluding carboxylic acids is 1. The molecule has 0 spiro atoms. The lowest BCUT2D eigenvalue weighted by atomic mass is 9.90. The summed E-state index contributed by atoms with van der Waals surface area (Å²) in [4.78, 5) is 17.0. The topological polar surface area (TPSA) is 35.6 Å². The minimum Gasteiger partial charge on any atom is -0.331 e. The van der Waals surface area contributed by atoms with Crippen molar-refractivity contribution in [1.82, 2.24) is 15.1 Å². The van der Waals surface area contributed by atoms with Crippen molar-refractivity contribution in [2.75, 3.05) is 27.2 Å². The fraction of sp³-hybridized carbons (Fsp3) is 0.522. The van der Waals surface area contributed by atoms with E-state index < -0.39 is 0 Å². The van der Waals surface area contributed by atoms with Crippen molar-refractivity contribution in [3.05, 3.63) is 48.0 Å². The fourth-order valence-corrected chi connectivity index (χ4v) is 3.79. The molecular weight excluding hydrogens is 334 g/mol. The lowest BCUT2D eigenvalue weighted by molar-refractivity contribution is 0.147. The number of likely N-dealkylation sites (tertiary alicyclic amines) is 1. The normalized spacial score (nSPS) is 17.4. The molecule has 4 nitrogen and oxygen atoms in total. The Balaban J connectivity index is 2.10. The van der Waals surface area contributed by atoms with Crippen LogP contribution in [0.4, 0.5) is 4.79 Å². The van der Waals surface area contributed by atoms with Crippen molar-refractivity contribution in [1.29, 1.82) is 0 Å². The molecule has 0 aliphatic carbocycles. The quantitative estimate of drug-likeness (QED) is 0.793. The van der Waals surface area contributed by atoms with Gasteiger partial charge in [0.1, 0.15) is 0 Å². The monoisotopic (exact) mass is 369 g/mol. The van der Waals surface area contributed by atoms with Gasteiger partial charge in [-0.1, -0.05) is 43.8 Å². The van der Waals surface area contributed by atoms with E-state index in [1.165, 1.54) is 0 Å². The highest BCUT2D eigenvalue weighted by Crippen LogP contribution is 2.28. The first kappa shape index (κ1) is 21.2. The molecule has 1 atom stereocenters. The molecule has 0 aromatic heterocycles. The second-order valence-electron chi connectivity index (χ2n) is 7.56. The number of rotatable bonds is 6. The second-order valence-corrected chi connectivity index (χ2v) is 7.56. The molecule has 148 valence electrons. The molecule has 1 aliphatic heterocycles. The predicted octanol–water partition coefficient (Wildman–Crippen LogP) is 4.64. The van der Waals surface area contributed by atoms with Gasteiger partial charge in [0, 0.05) is 13.1 Å². The van der Waals surface area contributed by atoms with Gasteiger partial charge in [0.2, 0.25) is 0 Å². The Morgan fingerprint density at radius 3 is 2.48 bits per heavy atom. The highest BCUT2D eigenvalue weighted by Gasteiger charge is 2.25. The molecule has 1 heterocycles. The van der Waals surface area contributed by atoms with Crippen LogP contribution in [0.15, 0.2) is 36.9 Å². The maximum absolute atomic E-state index is 12.8. The summed E-state index contributed by atoms with van der Waals surface area (Å²) < 4.78 is 0. The Morgan fingerprint density at radius 1 is 1.33 bits per heavy atom. The summed E-state index contributed by atoms with van der Waals surface area (Å²) in [5.41, 5.74) is 4.57. The third-order valence-corrected chi connectivity index (χ3v) is 5.72. The van der Waals surface area contributed by atoms with Crippen LogP contribution in [0.3, 0.4) is 0 Å². The first-order valence-corrected chi connectivity index (χ1v) is 10.0. The number of benzene rings is 1. The SMILES string of the molecule is C=C(CC)c1ccccc1/C(=C\C)C(C)NC(=O)N(C)C1CCN(C)CC1. The maximum atomic E-state index is 12.8. The minimum atomic E-state index is -0.0676. The molecule has 1 aromatic carbocycles. The molecule has 1 N–H and O–H groups in total. The van der Waals surface area contributed by atoms with Crippen LogP contribution in [0.5, 0.6) is 0 Å². The van der Waals surface area contributed by atoms with E-state index in [-0.39, 0.29) is 12.1 Å². The number of urea groups is 1. The van der Waals surface area contributed by atoms with Gasteiger partial charge >= 0.3 is 6.03 Å². The number of allylic oxidation sites excluding steroid dienone is 2. The van der Waals surface area contributed by atoms with Crippen LogP contribution in [0.25, 0.3) is 11.1 Å². The number of nitrogens with one attached hydrogen (secondary N) is 1. The van der Waals surface area contributed by atoms with Gasteiger partial charge in [-0.25, -0.2) is 4.79 Å². The van der Waals surface area contributed by atoms with Crippen LogP contribution in [0.2, 0.25) is 0 Å². The molecule has 4 heteroatoms. The zero-order valence-corrected chi connectivity index (χ0v) is 17.6. The Morgan fingerprint density at radius 2 is 1.93 bits per heavy atom. The van der Waals surface area contributed by atoms with E-state index in [9.17, 15) is 4.79 Å². The number of amides is 2. The molecule has 2 rings (SSSR count). The van der Waals surface area contributed by atoms with Crippen LogP contribution < -0.4 is 5.32 Å². The highest BCUT2D eigenvalue weighted by atomic mass is 16.2. The Hall–Kier alpha value is -2.07. The van der Waals surface area contributed by atoms with Crippen LogP contribution in [-0.2, 0) is 0 Å². The average Bonchev–Trinajstić information content (AvgIpc) is 2.68. The molecule has 1 unspecified atom stereocenters. The zero-order chi connectivity index (χ0) is 20.0. The largest absolute Gasteiger partial charge is 0.331 e. The molecule has 27 heavy (non-hydrogen) atoms. The molecule has 1 aromatic rings. The van der Waals surface area contributed by atoms with Crippen molar-refractivity contribution in [3.63, 3.8) is 0 Å². The Kier molecular flexibility index (Phi) is 7.66. The van der Waals surface area contributed by atoms with Gasteiger partial charge in [0.15, 0.2) is 0 Å². The molecule has 0 radical (unpaired) electrons. The zero-order valence-electron chi connectivity index (χ0n) is 17.6. The Labute approximate surface area is 164 Å². The molecule has 1 fully saturated rings. The van der Waals surface area contributed by atoms with Crippen molar-refractivity contribution in [2.45, 2.75) is 52.1 Å². The van der Waals surface area contributed by atoms with E-state index >= 15 is 0 Å². The maximum Gasteiger partial charge on any atom is 0.317 e. The summed E-state index contributed by atoms with van der Waals surface area (Å²) in [6, 6.07) is 8.58. The summed E-state index contributed by atoms with van der Waals surface area (Å²) in [6.45, 7) is 12.5. The molecule has 1 saturated heterocycles. The number of carbonyl (C=O) groups is 1. The van der Waals surface area contributed by atoms with Crippen molar-refractivity contribution >= 4 is 17.2 Å². The van der Waals surface area contributed by atoms with E-state index in [1.54, 1.807) is 0 Å². The molecule has 2 amide bonds. The average molecular weight is 370 g/mol. The highest BCUT2D eigenvalue weighted by molar-refractivity contribution is 5.83. The minimum absolute atomic E-state index is 0.00297. The molecule has 1 aliphatic rings. The third kappa shape index (κ3) is 5.23. The van der Waals surface area contributed by atoms with E-state index in [0.717, 1.165) is 54.6 Å². The van der Waals surface area contributed by atoms with E-state index in [1.807, 2.05) is 31.0 Å². The van der Waals surface area contributed by atoms with Crippen molar-refractivity contribution < 1.29 is 4.79 Å². The lowest BCUT2D eigenvalue weighted by Gasteiger charge is -2.35. The standard InChI is InChI=1S/C23H35N3O/c1-7-17(3)21-11-9-10-12-22(21)20(8-2)18(4)24-23(27)26(6)19-13-15-25(5)16-14-19/h8-12,18-19H,3,7,13-16H2,1-2,4-6H3,(H,24,27)/b20-8-. The van der Waals surface area contributed by atoms with Crippen molar-refractivity contribution in [3.8, 4) is 0 Å². The first-order valence-electron chi connectivity index (χ1n) is 10.0. The number of hydrogen-bond acceptors (Lipinski definition) is 2. The number of nitrogens with zero attached hydrogens (tertiary/aromatic N) is 2. The molecule has 0 saturated carbocycles. The van der Waals surface area contributed by atoms with Crippen LogP contribution >= 0.6 is 0 Å². The van der Waals surface area contributed by atoms with Gasteiger partial charge in [-0.2, -0.15) is 0 Å². The van der Waals surface area contributed by atoms with Gasteiger partial charge in [-0.05, 0) is 75.5 Å². The second kappa shape index (κ2) is 9.75. The van der Waals surface area contributed by atoms with E-state index in [0.29, 0.717) is 6.04 Å². The summed E-state index contributed by atoms with van der Waals surface area (Å²) in [7, 11) is 4.05. The van der Waals surface area contributed by atoms with Crippen molar-refractivity contribution in [2.24, 2.45) is 0 Å². The fourth-order valence-electron chi connectivity index (χ4n) is 3.79. The van der Waals surface area contributed by atoms with Crippen LogP contribution in [0.1, 0.15) is 51.2 Å². The van der Waals surface area contributed by atoms with Gasteiger partial charge in [0.05, 0.1) is 6.04 Å². The summed E-state index contributed by atoms with van der Waals surface area (Å²) in [6.07, 6.45) is 5.07. The third-order valence-electron chi connectivity index (χ3n) is 5.72. The van der Waals surface area contributed by atoms with Gasteiger partial charge in [-0.15, -0.1) is 0 Å². The summed E-state index contributed by atoms with van der Waals surface area (Å²) >= 11 is 0. The van der Waals surface area contributed by atoms with Crippen LogP contribution in [-0.4, -0.2) is 55.1 Å². The Bertz CT molecular complexity index is 687. The van der Waals surface area contributed by atoms with E-state index in [2.05, 4.69) is 55.9 Å². The summed E-state index contributed by atoms with van der Waals surface area (Å²) in [5.74, 6) is 0. The lowest BCUT2D eigenvalue weighted by Crippen LogP contribution is -2.50. The van der Waals surface area contributed by atoms with Gasteiger partial charge < -0.3 is 15.1 Å².